The first-order valence-corrected chi connectivity index (χ1v) is 6.12. The van der Waals surface area contributed by atoms with Crippen molar-refractivity contribution in [2.24, 2.45) is 5.73 Å². The minimum Gasteiger partial charge on any atom is -0.496 e. The summed E-state index contributed by atoms with van der Waals surface area (Å²) in [4.78, 5) is 4.55. The Morgan fingerprint density at radius 1 is 1.28 bits per heavy atom. The van der Waals surface area contributed by atoms with Crippen LogP contribution >= 0.6 is 0 Å². The normalized spacial score (nSPS) is 11.8. The molecule has 0 saturated carbocycles. The molecule has 1 heterocycles. The van der Waals surface area contributed by atoms with Gasteiger partial charge in [0.15, 0.2) is 0 Å². The Morgan fingerprint density at radius 2 is 2.00 bits per heavy atom. The minimum atomic E-state index is -0.207. The molecule has 0 amide bonds. The van der Waals surface area contributed by atoms with Crippen molar-refractivity contribution in [1.29, 1.82) is 0 Å². The summed E-state index contributed by atoms with van der Waals surface area (Å²) in [5.41, 5.74) is 8.98. The maximum atomic E-state index is 6.05. The number of rotatable bonds is 3. The zero-order valence-corrected chi connectivity index (χ0v) is 11.4. The molecule has 0 aliphatic heterocycles. The second kappa shape index (κ2) is 4.58. The fourth-order valence-corrected chi connectivity index (χ4v) is 2.17. The Balaban J connectivity index is 2.51. The van der Waals surface area contributed by atoms with Gasteiger partial charge in [-0.1, -0.05) is 6.07 Å². The molecule has 2 N–H and O–H groups in total. The number of nitrogens with zero attached hydrogens (tertiary/aromatic N) is 1. The fraction of sp³-hybridized carbons (Fsp3) is 0.400. The molecular weight excluding hydrogens is 224 g/mol. The Labute approximate surface area is 108 Å². The number of nitrogens with two attached hydrogens (primary N) is 1. The van der Waals surface area contributed by atoms with Gasteiger partial charge in [0.2, 0.25) is 0 Å². The molecule has 0 fully saturated rings. The average Bonchev–Trinajstić information content (AvgIpc) is 2.25. The van der Waals surface area contributed by atoms with Crippen molar-refractivity contribution in [3.8, 4) is 5.75 Å². The largest absolute Gasteiger partial charge is 0.496 e. The van der Waals surface area contributed by atoms with Gasteiger partial charge in [0, 0.05) is 22.7 Å². The summed E-state index contributed by atoms with van der Waals surface area (Å²) in [7, 11) is 1.69. The summed E-state index contributed by atoms with van der Waals surface area (Å²) in [6.45, 7) is 6.03. The molecule has 0 atom stereocenters. The number of hydrogen-bond donors (Lipinski definition) is 1. The smallest absolute Gasteiger partial charge is 0.130 e. The molecule has 2 rings (SSSR count). The Morgan fingerprint density at radius 3 is 2.61 bits per heavy atom. The quantitative estimate of drug-likeness (QED) is 0.903. The van der Waals surface area contributed by atoms with Crippen molar-refractivity contribution in [2.45, 2.75) is 32.7 Å². The van der Waals surface area contributed by atoms with Gasteiger partial charge in [-0.3, -0.25) is 4.98 Å². The highest BCUT2D eigenvalue weighted by Gasteiger charge is 2.13. The van der Waals surface area contributed by atoms with Gasteiger partial charge in [-0.15, -0.1) is 0 Å². The number of hydrogen-bond acceptors (Lipinski definition) is 3. The molecule has 0 unspecified atom stereocenters. The first-order valence-electron chi connectivity index (χ1n) is 6.12. The number of methoxy groups -OCH3 is 1. The summed E-state index contributed by atoms with van der Waals surface area (Å²) in [6.07, 6.45) is 0.834. The zero-order valence-electron chi connectivity index (χ0n) is 11.4. The molecule has 3 heteroatoms. The van der Waals surface area contributed by atoms with Gasteiger partial charge in [-0.25, -0.2) is 0 Å². The molecule has 96 valence electrons. The minimum absolute atomic E-state index is 0.207. The Bertz CT molecular complexity index is 570. The number of benzene rings is 1. The SMILES string of the molecule is COc1cc(C)nc2cc(CC(C)(C)N)ccc12. The summed E-state index contributed by atoms with van der Waals surface area (Å²) in [5.74, 6) is 0.871. The molecule has 0 spiro atoms. The van der Waals surface area contributed by atoms with E-state index < -0.39 is 0 Å². The zero-order chi connectivity index (χ0) is 13.3. The first kappa shape index (κ1) is 12.8. The second-order valence-electron chi connectivity index (χ2n) is 5.48. The van der Waals surface area contributed by atoms with Crippen molar-refractivity contribution in [2.75, 3.05) is 7.11 Å². The summed E-state index contributed by atoms with van der Waals surface area (Å²) >= 11 is 0. The standard InChI is InChI=1S/C15H20N2O/c1-10-7-14(18-4)12-6-5-11(8-13(12)17-10)9-15(2,3)16/h5-8H,9,16H2,1-4H3. The summed E-state index contributed by atoms with van der Waals surface area (Å²) in [5, 5.41) is 1.04. The maximum absolute atomic E-state index is 6.05. The molecule has 1 aromatic heterocycles. The fourth-order valence-electron chi connectivity index (χ4n) is 2.17. The molecule has 1 aromatic carbocycles. The van der Waals surface area contributed by atoms with E-state index in [0.29, 0.717) is 0 Å². The molecule has 0 aliphatic rings. The second-order valence-corrected chi connectivity index (χ2v) is 5.48. The van der Waals surface area contributed by atoms with E-state index in [-0.39, 0.29) is 5.54 Å². The van der Waals surface area contributed by atoms with E-state index in [1.54, 1.807) is 7.11 Å². The van der Waals surface area contributed by atoms with Crippen molar-refractivity contribution in [3.63, 3.8) is 0 Å². The maximum Gasteiger partial charge on any atom is 0.130 e. The lowest BCUT2D eigenvalue weighted by Gasteiger charge is -2.18. The van der Waals surface area contributed by atoms with Crippen LogP contribution in [-0.2, 0) is 6.42 Å². The molecule has 3 nitrogen and oxygen atoms in total. The van der Waals surface area contributed by atoms with Crippen molar-refractivity contribution >= 4 is 10.9 Å². The number of aryl methyl sites for hydroxylation is 1. The van der Waals surface area contributed by atoms with Crippen LogP contribution in [0.3, 0.4) is 0 Å². The third kappa shape index (κ3) is 2.79. The lowest BCUT2D eigenvalue weighted by molar-refractivity contribution is 0.419. The van der Waals surface area contributed by atoms with Gasteiger partial charge >= 0.3 is 0 Å². The monoisotopic (exact) mass is 244 g/mol. The summed E-state index contributed by atoms with van der Waals surface area (Å²) in [6, 6.07) is 8.20. The van der Waals surface area contributed by atoms with Crippen LogP contribution < -0.4 is 10.5 Å². The van der Waals surface area contributed by atoms with E-state index in [9.17, 15) is 0 Å². The van der Waals surface area contributed by atoms with E-state index in [4.69, 9.17) is 10.5 Å². The Kier molecular flexibility index (Phi) is 3.26. The molecule has 0 saturated heterocycles. The van der Waals surface area contributed by atoms with E-state index in [2.05, 4.69) is 23.2 Å². The van der Waals surface area contributed by atoms with Crippen LogP contribution in [0.15, 0.2) is 24.3 Å². The van der Waals surface area contributed by atoms with Crippen LogP contribution in [0.1, 0.15) is 25.1 Å². The van der Waals surface area contributed by atoms with Gasteiger partial charge in [0.25, 0.3) is 0 Å². The molecule has 0 aliphatic carbocycles. The number of aromatic nitrogens is 1. The van der Waals surface area contributed by atoms with Gasteiger partial charge in [0.05, 0.1) is 12.6 Å². The summed E-state index contributed by atoms with van der Waals surface area (Å²) < 4.78 is 5.38. The van der Waals surface area contributed by atoms with Crippen LogP contribution in [0.4, 0.5) is 0 Å². The third-order valence-corrected chi connectivity index (χ3v) is 2.84. The lowest BCUT2D eigenvalue weighted by atomic mass is 9.95. The van der Waals surface area contributed by atoms with E-state index in [1.807, 2.05) is 26.8 Å². The molecular formula is C15H20N2O. The lowest BCUT2D eigenvalue weighted by Crippen LogP contribution is -2.34. The van der Waals surface area contributed by atoms with Crippen LogP contribution in [-0.4, -0.2) is 17.6 Å². The van der Waals surface area contributed by atoms with E-state index >= 15 is 0 Å². The predicted octanol–water partition coefficient (Wildman–Crippen LogP) is 2.83. The molecule has 18 heavy (non-hydrogen) atoms. The van der Waals surface area contributed by atoms with Gasteiger partial charge in [-0.05, 0) is 44.9 Å². The predicted molar refractivity (Wildman–Crippen MR) is 75.0 cm³/mol. The number of ether oxygens (including phenoxy) is 1. The van der Waals surface area contributed by atoms with Crippen LogP contribution in [0, 0.1) is 6.92 Å². The molecule has 2 aromatic rings. The average molecular weight is 244 g/mol. The van der Waals surface area contributed by atoms with E-state index in [0.717, 1.165) is 28.8 Å². The highest BCUT2D eigenvalue weighted by molar-refractivity contribution is 5.85. The van der Waals surface area contributed by atoms with E-state index in [1.165, 1.54) is 5.56 Å². The topological polar surface area (TPSA) is 48.1 Å². The number of pyridine rings is 1. The van der Waals surface area contributed by atoms with Crippen molar-refractivity contribution < 1.29 is 4.74 Å². The van der Waals surface area contributed by atoms with Crippen LogP contribution in [0.2, 0.25) is 0 Å². The highest BCUT2D eigenvalue weighted by atomic mass is 16.5. The number of fused-ring (bicyclic) bond motifs is 1. The van der Waals surface area contributed by atoms with Crippen molar-refractivity contribution in [1.82, 2.24) is 4.98 Å². The third-order valence-electron chi connectivity index (χ3n) is 2.84. The molecule has 0 radical (unpaired) electrons. The highest BCUT2D eigenvalue weighted by Crippen LogP contribution is 2.26. The van der Waals surface area contributed by atoms with Gasteiger partial charge in [0.1, 0.15) is 5.75 Å². The molecule has 0 bridgehead atoms. The van der Waals surface area contributed by atoms with Crippen LogP contribution in [0.25, 0.3) is 10.9 Å². The first-order chi connectivity index (χ1) is 8.39. The van der Waals surface area contributed by atoms with Gasteiger partial charge in [-0.2, -0.15) is 0 Å². The Hall–Kier alpha value is -1.61. The van der Waals surface area contributed by atoms with Crippen LogP contribution in [0.5, 0.6) is 5.75 Å². The van der Waals surface area contributed by atoms with Gasteiger partial charge < -0.3 is 10.5 Å². The van der Waals surface area contributed by atoms with Crippen molar-refractivity contribution in [3.05, 3.63) is 35.5 Å².